The van der Waals surface area contributed by atoms with Crippen molar-refractivity contribution in [3.63, 3.8) is 0 Å². The molecule has 0 aliphatic carbocycles. The number of nitrogens with zero attached hydrogens (tertiary/aromatic N) is 3. The fourth-order valence-electron chi connectivity index (χ4n) is 1.69. The number of aromatic nitrogens is 2. The number of carboxylic acid groups (broad SMARTS) is 1. The molecule has 0 radical (unpaired) electrons. The van der Waals surface area contributed by atoms with Crippen LogP contribution in [-0.4, -0.2) is 39.8 Å². The Morgan fingerprint density at radius 1 is 1.37 bits per heavy atom. The fourth-order valence-corrected chi connectivity index (χ4v) is 2.16. The van der Waals surface area contributed by atoms with Crippen LogP contribution in [0.5, 0.6) is 0 Å². The van der Waals surface area contributed by atoms with Crippen molar-refractivity contribution >= 4 is 47.3 Å². The molecule has 7 nitrogen and oxygen atoms in total. The highest BCUT2D eigenvalue weighted by molar-refractivity contribution is 6.37. The second-order valence-corrected chi connectivity index (χ2v) is 4.60. The zero-order chi connectivity index (χ0) is 14.2. The summed E-state index contributed by atoms with van der Waals surface area (Å²) in [6.45, 7) is -0.0543. The number of halogens is 2. The number of carbonyl (C=O) groups is 3. The Labute approximate surface area is 117 Å². The van der Waals surface area contributed by atoms with Crippen LogP contribution in [0.4, 0.5) is 5.95 Å². The molecule has 9 heteroatoms. The highest BCUT2D eigenvalue weighted by atomic mass is 35.5. The van der Waals surface area contributed by atoms with E-state index in [2.05, 4.69) is 9.97 Å². The first kappa shape index (κ1) is 13.7. The van der Waals surface area contributed by atoms with Gasteiger partial charge in [0.05, 0.1) is 11.5 Å². The highest BCUT2D eigenvalue weighted by Gasteiger charge is 2.36. The van der Waals surface area contributed by atoms with Gasteiger partial charge in [-0.3, -0.25) is 19.3 Å². The number of aliphatic carboxylic acids is 1. The van der Waals surface area contributed by atoms with Gasteiger partial charge in [0.15, 0.2) is 6.29 Å². The zero-order valence-electron chi connectivity index (χ0n) is 9.34. The summed E-state index contributed by atoms with van der Waals surface area (Å²) in [6.07, 6.45) is 0.268. The molecule has 1 saturated heterocycles. The minimum absolute atomic E-state index is 0.0543. The molecule has 1 N–H and O–H groups in total. The molecule has 1 amide bonds. The highest BCUT2D eigenvalue weighted by Crippen LogP contribution is 2.27. The molecule has 0 bridgehead atoms. The molecule has 100 valence electrons. The molecule has 0 spiro atoms. The fraction of sp³-hybridized carbons (Fsp3) is 0.300. The van der Waals surface area contributed by atoms with Gasteiger partial charge < -0.3 is 5.11 Å². The minimum Gasteiger partial charge on any atom is -0.481 e. The van der Waals surface area contributed by atoms with Gasteiger partial charge in [-0.05, 0) is 0 Å². The van der Waals surface area contributed by atoms with Crippen molar-refractivity contribution < 1.29 is 19.5 Å². The van der Waals surface area contributed by atoms with Crippen molar-refractivity contribution in [2.45, 2.75) is 6.42 Å². The standard InChI is InChI=1S/C10H7Cl2N3O4/c11-7-5(3-16)8(12)14-10(13-7)15-2-4(9(18)19)1-6(15)17/h3-4H,1-2H2,(H,18,19). The SMILES string of the molecule is O=Cc1c(Cl)nc(N2CC(C(=O)O)CC2=O)nc1Cl. The van der Waals surface area contributed by atoms with Crippen LogP contribution >= 0.6 is 23.2 Å². The maximum Gasteiger partial charge on any atom is 0.308 e. The van der Waals surface area contributed by atoms with E-state index in [-0.39, 0.29) is 34.8 Å². The van der Waals surface area contributed by atoms with Crippen molar-refractivity contribution in [1.82, 2.24) is 9.97 Å². The Bertz CT molecular complexity index is 555. The summed E-state index contributed by atoms with van der Waals surface area (Å²) in [4.78, 5) is 41.9. The molecule has 2 rings (SSSR count). The van der Waals surface area contributed by atoms with Gasteiger partial charge >= 0.3 is 5.97 Å². The molecular formula is C10H7Cl2N3O4. The Morgan fingerprint density at radius 2 is 1.95 bits per heavy atom. The van der Waals surface area contributed by atoms with Gasteiger partial charge in [-0.2, -0.15) is 9.97 Å². The second kappa shape index (κ2) is 5.10. The van der Waals surface area contributed by atoms with E-state index in [0.717, 1.165) is 4.90 Å². The van der Waals surface area contributed by atoms with Crippen molar-refractivity contribution in [3.8, 4) is 0 Å². The normalized spacial score (nSPS) is 18.7. The monoisotopic (exact) mass is 303 g/mol. The first-order valence-electron chi connectivity index (χ1n) is 5.15. The number of hydrogen-bond acceptors (Lipinski definition) is 5. The summed E-state index contributed by atoms with van der Waals surface area (Å²) in [5, 5.41) is 8.50. The smallest absolute Gasteiger partial charge is 0.308 e. The van der Waals surface area contributed by atoms with E-state index in [0.29, 0.717) is 6.29 Å². The maximum atomic E-state index is 11.7. The average molecular weight is 304 g/mol. The van der Waals surface area contributed by atoms with Crippen LogP contribution in [0.2, 0.25) is 10.3 Å². The van der Waals surface area contributed by atoms with Gasteiger partial charge in [-0.15, -0.1) is 0 Å². The van der Waals surface area contributed by atoms with Gasteiger partial charge in [-0.25, -0.2) is 0 Å². The lowest BCUT2D eigenvalue weighted by Crippen LogP contribution is -2.28. The third-order valence-electron chi connectivity index (χ3n) is 2.67. The quantitative estimate of drug-likeness (QED) is 0.661. The first-order chi connectivity index (χ1) is 8.93. The zero-order valence-corrected chi connectivity index (χ0v) is 10.9. The molecule has 1 atom stereocenters. The predicted molar refractivity (Wildman–Crippen MR) is 65.5 cm³/mol. The molecule has 1 unspecified atom stereocenters. The Kier molecular flexibility index (Phi) is 3.68. The summed E-state index contributed by atoms with van der Waals surface area (Å²) in [6, 6.07) is 0. The minimum atomic E-state index is -1.07. The largest absolute Gasteiger partial charge is 0.481 e. The third-order valence-corrected chi connectivity index (χ3v) is 3.25. The number of carbonyl (C=O) groups excluding carboxylic acids is 2. The van der Waals surface area contributed by atoms with E-state index in [9.17, 15) is 14.4 Å². The summed E-state index contributed by atoms with van der Waals surface area (Å²) in [7, 11) is 0. The summed E-state index contributed by atoms with van der Waals surface area (Å²) in [5.41, 5.74) is -0.0755. The Morgan fingerprint density at radius 3 is 2.37 bits per heavy atom. The van der Waals surface area contributed by atoms with Gasteiger partial charge in [0.2, 0.25) is 11.9 Å². The van der Waals surface area contributed by atoms with E-state index >= 15 is 0 Å². The van der Waals surface area contributed by atoms with Crippen LogP contribution in [-0.2, 0) is 9.59 Å². The summed E-state index contributed by atoms with van der Waals surface area (Å²) < 4.78 is 0. The van der Waals surface area contributed by atoms with Crippen LogP contribution in [0, 0.1) is 5.92 Å². The van der Waals surface area contributed by atoms with Gasteiger partial charge in [0.25, 0.3) is 0 Å². The van der Waals surface area contributed by atoms with E-state index in [1.807, 2.05) is 0 Å². The van der Waals surface area contributed by atoms with Crippen LogP contribution < -0.4 is 4.90 Å². The van der Waals surface area contributed by atoms with Crippen LogP contribution in [0.1, 0.15) is 16.8 Å². The topological polar surface area (TPSA) is 100 Å². The van der Waals surface area contributed by atoms with E-state index in [1.165, 1.54) is 0 Å². The van der Waals surface area contributed by atoms with E-state index in [1.54, 1.807) is 0 Å². The van der Waals surface area contributed by atoms with Crippen molar-refractivity contribution in [1.29, 1.82) is 0 Å². The molecule has 1 aromatic rings. The Hall–Kier alpha value is -1.73. The van der Waals surface area contributed by atoms with E-state index < -0.39 is 17.8 Å². The number of anilines is 1. The summed E-state index contributed by atoms with van der Waals surface area (Å²) in [5.74, 6) is -2.43. The third kappa shape index (κ3) is 2.52. The number of aldehydes is 1. The molecule has 1 aromatic heterocycles. The van der Waals surface area contributed by atoms with Crippen molar-refractivity contribution in [2.75, 3.05) is 11.4 Å². The van der Waals surface area contributed by atoms with Crippen LogP contribution in [0.3, 0.4) is 0 Å². The average Bonchev–Trinajstić information content (AvgIpc) is 2.71. The van der Waals surface area contributed by atoms with Gasteiger partial charge in [-0.1, -0.05) is 23.2 Å². The number of rotatable bonds is 3. The molecule has 0 saturated carbocycles. The lowest BCUT2D eigenvalue weighted by atomic mass is 10.1. The molecule has 2 heterocycles. The van der Waals surface area contributed by atoms with Crippen molar-refractivity contribution in [2.24, 2.45) is 5.92 Å². The maximum absolute atomic E-state index is 11.7. The number of amides is 1. The van der Waals surface area contributed by atoms with Crippen LogP contribution in [0.25, 0.3) is 0 Å². The van der Waals surface area contributed by atoms with Crippen LogP contribution in [0.15, 0.2) is 0 Å². The Balaban J connectivity index is 2.36. The number of hydrogen-bond donors (Lipinski definition) is 1. The van der Waals surface area contributed by atoms with Crippen molar-refractivity contribution in [3.05, 3.63) is 15.9 Å². The van der Waals surface area contributed by atoms with Gasteiger partial charge in [0, 0.05) is 13.0 Å². The lowest BCUT2D eigenvalue weighted by molar-refractivity contribution is -0.141. The summed E-state index contributed by atoms with van der Waals surface area (Å²) >= 11 is 11.5. The van der Waals surface area contributed by atoms with Gasteiger partial charge in [0.1, 0.15) is 10.3 Å². The lowest BCUT2D eigenvalue weighted by Gasteiger charge is -2.14. The molecule has 1 aliphatic rings. The number of carboxylic acids is 1. The predicted octanol–water partition coefficient (Wildman–Crippen LogP) is 1.03. The second-order valence-electron chi connectivity index (χ2n) is 3.88. The van der Waals surface area contributed by atoms with E-state index in [4.69, 9.17) is 28.3 Å². The molecule has 1 aliphatic heterocycles. The molecule has 19 heavy (non-hydrogen) atoms. The molecule has 0 aromatic carbocycles. The molecular weight excluding hydrogens is 297 g/mol. The first-order valence-corrected chi connectivity index (χ1v) is 5.91. The molecule has 1 fully saturated rings.